The number of tetrazole rings is 1. The first-order chi connectivity index (χ1) is 9.22. The van der Waals surface area contributed by atoms with E-state index in [1.807, 2.05) is 18.2 Å². The van der Waals surface area contributed by atoms with Crippen LogP contribution in [-0.4, -0.2) is 36.3 Å². The molecule has 2 heterocycles. The summed E-state index contributed by atoms with van der Waals surface area (Å²) in [6.45, 7) is 0. The Morgan fingerprint density at radius 3 is 3.16 bits per heavy atom. The van der Waals surface area contributed by atoms with Gasteiger partial charge in [0.1, 0.15) is 0 Å². The lowest BCUT2D eigenvalue weighted by atomic mass is 10.2. The molecule has 0 unspecified atom stereocenters. The van der Waals surface area contributed by atoms with E-state index in [9.17, 15) is 4.79 Å². The number of aryl methyl sites for hydroxylation is 1. The number of carbonyl (C=O) groups excluding carboxylic acids is 1. The summed E-state index contributed by atoms with van der Waals surface area (Å²) < 4.78 is 1.47. The van der Waals surface area contributed by atoms with Crippen molar-refractivity contribution in [3.8, 4) is 0 Å². The highest BCUT2D eigenvalue weighted by atomic mass is 16.1. The van der Waals surface area contributed by atoms with E-state index >= 15 is 0 Å². The molecule has 96 valence electrons. The Hall–Kier alpha value is -2.77. The number of anilines is 1. The van der Waals surface area contributed by atoms with E-state index in [2.05, 4.69) is 31.0 Å². The van der Waals surface area contributed by atoms with Gasteiger partial charge in [0.15, 0.2) is 5.82 Å². The summed E-state index contributed by atoms with van der Waals surface area (Å²) in [5, 5.41) is 21.5. The number of benzene rings is 1. The number of nitrogens with zero attached hydrogens (tertiary/aromatic N) is 5. The number of amides is 1. The zero-order valence-corrected chi connectivity index (χ0v) is 10.2. The Morgan fingerprint density at radius 1 is 1.47 bits per heavy atom. The van der Waals surface area contributed by atoms with Crippen LogP contribution in [0.3, 0.4) is 0 Å². The minimum absolute atomic E-state index is 0.129. The molecule has 0 fully saturated rings. The Morgan fingerprint density at radius 2 is 2.37 bits per heavy atom. The number of carbonyl (C=O) groups is 1. The van der Waals surface area contributed by atoms with Crippen LogP contribution in [0, 0.1) is 0 Å². The van der Waals surface area contributed by atoms with Crippen LogP contribution in [0.5, 0.6) is 0 Å². The molecule has 0 saturated heterocycles. The highest BCUT2D eigenvalue weighted by molar-refractivity contribution is 5.94. The molecule has 0 atom stereocenters. The van der Waals surface area contributed by atoms with Crippen molar-refractivity contribution in [1.29, 1.82) is 0 Å². The second kappa shape index (κ2) is 4.48. The molecule has 1 aromatic carbocycles. The monoisotopic (exact) mass is 257 g/mol. The van der Waals surface area contributed by atoms with Gasteiger partial charge in [-0.1, -0.05) is 0 Å². The van der Waals surface area contributed by atoms with E-state index in [1.165, 1.54) is 4.68 Å². The second-order valence-corrected chi connectivity index (χ2v) is 4.12. The number of hydrogen-bond acceptors (Lipinski definition) is 5. The fourth-order valence-corrected chi connectivity index (χ4v) is 1.76. The lowest BCUT2D eigenvalue weighted by molar-refractivity contribution is -0.115. The van der Waals surface area contributed by atoms with Crippen LogP contribution in [0.15, 0.2) is 24.4 Å². The largest absolute Gasteiger partial charge is 0.326 e. The predicted molar refractivity (Wildman–Crippen MR) is 67.2 cm³/mol. The van der Waals surface area contributed by atoms with Gasteiger partial charge in [-0.25, -0.2) is 4.68 Å². The Bertz CT molecular complexity index is 729. The zero-order chi connectivity index (χ0) is 13.2. The average Bonchev–Trinajstić information content (AvgIpc) is 2.98. The van der Waals surface area contributed by atoms with Crippen molar-refractivity contribution < 1.29 is 4.79 Å². The van der Waals surface area contributed by atoms with Gasteiger partial charge < -0.3 is 5.32 Å². The molecule has 2 N–H and O–H groups in total. The predicted octanol–water partition coefficient (Wildman–Crippen LogP) is 0.268. The van der Waals surface area contributed by atoms with Gasteiger partial charge in [0.05, 0.1) is 18.1 Å². The lowest BCUT2D eigenvalue weighted by Gasteiger charge is -2.04. The van der Waals surface area contributed by atoms with Crippen LogP contribution in [0.4, 0.5) is 5.69 Å². The summed E-state index contributed by atoms with van der Waals surface area (Å²) in [6, 6.07) is 5.54. The first-order valence-electron chi connectivity index (χ1n) is 5.66. The van der Waals surface area contributed by atoms with Crippen LogP contribution < -0.4 is 5.32 Å². The summed E-state index contributed by atoms with van der Waals surface area (Å²) in [6.07, 6.45) is 1.86. The van der Waals surface area contributed by atoms with E-state index in [1.54, 1.807) is 13.2 Å². The molecular formula is C11H11N7O. The third-order valence-corrected chi connectivity index (χ3v) is 2.75. The van der Waals surface area contributed by atoms with Crippen molar-refractivity contribution in [3.05, 3.63) is 30.2 Å². The zero-order valence-electron chi connectivity index (χ0n) is 10.2. The molecule has 0 aliphatic heterocycles. The second-order valence-electron chi connectivity index (χ2n) is 4.12. The number of aromatic amines is 1. The quantitative estimate of drug-likeness (QED) is 0.701. The smallest absolute Gasteiger partial charge is 0.232 e. The fourth-order valence-electron chi connectivity index (χ4n) is 1.76. The van der Waals surface area contributed by atoms with Crippen molar-refractivity contribution in [1.82, 2.24) is 30.4 Å². The summed E-state index contributed by atoms with van der Waals surface area (Å²) in [5.41, 5.74) is 1.58. The molecule has 3 rings (SSSR count). The molecule has 2 aromatic heterocycles. The summed E-state index contributed by atoms with van der Waals surface area (Å²) in [4.78, 5) is 11.9. The van der Waals surface area contributed by atoms with Gasteiger partial charge in [-0.3, -0.25) is 9.89 Å². The molecule has 1 amide bonds. The number of H-pyrrole nitrogens is 1. The topological polar surface area (TPSA) is 101 Å². The summed E-state index contributed by atoms with van der Waals surface area (Å²) in [7, 11) is 1.69. The summed E-state index contributed by atoms with van der Waals surface area (Å²) in [5.74, 6) is 0.344. The SMILES string of the molecule is Cn1nnnc1CC(=O)Nc1ccc2cn[nH]c2c1. The third kappa shape index (κ3) is 2.28. The van der Waals surface area contributed by atoms with Crippen LogP contribution >= 0.6 is 0 Å². The number of hydrogen-bond donors (Lipinski definition) is 2. The highest BCUT2D eigenvalue weighted by Crippen LogP contribution is 2.16. The van der Waals surface area contributed by atoms with Crippen LogP contribution in [0.25, 0.3) is 10.9 Å². The number of nitrogens with one attached hydrogen (secondary N) is 2. The molecule has 8 nitrogen and oxygen atoms in total. The molecule has 0 spiro atoms. The minimum Gasteiger partial charge on any atom is -0.326 e. The molecule has 19 heavy (non-hydrogen) atoms. The molecule has 3 aromatic rings. The first kappa shape index (κ1) is 11.3. The molecule has 0 aliphatic carbocycles. The van der Waals surface area contributed by atoms with E-state index in [4.69, 9.17) is 0 Å². The van der Waals surface area contributed by atoms with Gasteiger partial charge >= 0.3 is 0 Å². The average molecular weight is 257 g/mol. The van der Waals surface area contributed by atoms with Gasteiger partial charge in [-0.15, -0.1) is 5.10 Å². The standard InChI is InChI=1S/C11H11N7O/c1-18-10(15-16-17-18)5-11(19)13-8-3-2-7-6-12-14-9(7)4-8/h2-4,6H,5H2,1H3,(H,12,14)(H,13,19). The molecule has 0 saturated carbocycles. The highest BCUT2D eigenvalue weighted by Gasteiger charge is 2.09. The van der Waals surface area contributed by atoms with E-state index in [0.717, 1.165) is 10.9 Å². The number of aromatic nitrogens is 6. The van der Waals surface area contributed by atoms with E-state index < -0.39 is 0 Å². The maximum Gasteiger partial charge on any atom is 0.232 e. The van der Waals surface area contributed by atoms with Crippen molar-refractivity contribution in [3.63, 3.8) is 0 Å². The Balaban J connectivity index is 1.73. The lowest BCUT2D eigenvalue weighted by Crippen LogP contribution is -2.17. The molecule has 0 bridgehead atoms. The third-order valence-electron chi connectivity index (χ3n) is 2.75. The Labute approximate surface area is 107 Å². The molecule has 8 heteroatoms. The van der Waals surface area contributed by atoms with Crippen LogP contribution in [0.1, 0.15) is 5.82 Å². The number of rotatable bonds is 3. The maximum absolute atomic E-state index is 11.9. The van der Waals surface area contributed by atoms with Crippen LogP contribution in [0.2, 0.25) is 0 Å². The maximum atomic E-state index is 11.9. The molecular weight excluding hydrogens is 246 g/mol. The van der Waals surface area contributed by atoms with E-state index in [0.29, 0.717) is 11.5 Å². The molecule has 0 radical (unpaired) electrons. The van der Waals surface area contributed by atoms with Crippen molar-refractivity contribution in [2.75, 3.05) is 5.32 Å². The normalized spacial score (nSPS) is 10.8. The molecule has 0 aliphatic rings. The minimum atomic E-state index is -0.170. The van der Waals surface area contributed by atoms with Gasteiger partial charge in [0.25, 0.3) is 0 Å². The van der Waals surface area contributed by atoms with Crippen molar-refractivity contribution in [2.45, 2.75) is 6.42 Å². The van der Waals surface area contributed by atoms with Crippen molar-refractivity contribution >= 4 is 22.5 Å². The van der Waals surface area contributed by atoms with Gasteiger partial charge in [-0.2, -0.15) is 5.10 Å². The van der Waals surface area contributed by atoms with Gasteiger partial charge in [0, 0.05) is 18.1 Å². The first-order valence-corrected chi connectivity index (χ1v) is 5.66. The van der Waals surface area contributed by atoms with Crippen molar-refractivity contribution in [2.24, 2.45) is 7.05 Å². The van der Waals surface area contributed by atoms with E-state index in [-0.39, 0.29) is 12.3 Å². The van der Waals surface area contributed by atoms with Gasteiger partial charge in [0.2, 0.25) is 5.91 Å². The Kier molecular flexibility index (Phi) is 2.67. The van der Waals surface area contributed by atoms with Gasteiger partial charge in [-0.05, 0) is 28.6 Å². The fraction of sp³-hybridized carbons (Fsp3) is 0.182. The number of fused-ring (bicyclic) bond motifs is 1. The van der Waals surface area contributed by atoms with Crippen LogP contribution in [-0.2, 0) is 18.3 Å². The summed E-state index contributed by atoms with van der Waals surface area (Å²) >= 11 is 0.